The van der Waals surface area contributed by atoms with Gasteiger partial charge in [-0.2, -0.15) is 9.57 Å². The van der Waals surface area contributed by atoms with Gasteiger partial charge >= 0.3 is 0 Å². The zero-order valence-electron chi connectivity index (χ0n) is 19.8. The number of nitrogens with one attached hydrogen (secondary N) is 1. The Hall–Kier alpha value is -3.35. The van der Waals surface area contributed by atoms with Gasteiger partial charge in [-0.1, -0.05) is 41.9 Å². The normalized spacial score (nSPS) is 15.1. The van der Waals surface area contributed by atoms with Gasteiger partial charge in [-0.05, 0) is 60.0 Å². The Morgan fingerprint density at radius 1 is 1.11 bits per heavy atom. The summed E-state index contributed by atoms with van der Waals surface area (Å²) in [6.45, 7) is 1.15. The second-order valence-corrected chi connectivity index (χ2v) is 11.1. The molecule has 0 bridgehead atoms. The lowest BCUT2D eigenvalue weighted by Gasteiger charge is -2.40. The van der Waals surface area contributed by atoms with Crippen molar-refractivity contribution in [2.45, 2.75) is 30.4 Å². The van der Waals surface area contributed by atoms with Gasteiger partial charge < -0.3 is 9.88 Å². The number of nitriles is 1. The summed E-state index contributed by atoms with van der Waals surface area (Å²) in [5, 5.41) is 10.0. The number of halogens is 2. The molecule has 190 valence electrons. The number of benzene rings is 3. The van der Waals surface area contributed by atoms with E-state index in [1.54, 1.807) is 59.2 Å². The number of anilines is 1. The molecule has 1 aromatic heterocycles. The highest BCUT2D eigenvalue weighted by Crippen LogP contribution is 2.34. The molecule has 0 saturated carbocycles. The lowest BCUT2D eigenvalue weighted by atomic mass is 9.95. The minimum atomic E-state index is -3.84. The van der Waals surface area contributed by atoms with Crippen LogP contribution in [0.15, 0.2) is 90.2 Å². The van der Waals surface area contributed by atoms with Gasteiger partial charge in [-0.3, -0.25) is 0 Å². The molecule has 1 aliphatic rings. The second-order valence-electron chi connectivity index (χ2n) is 8.75. The van der Waals surface area contributed by atoms with Gasteiger partial charge in [0.05, 0.1) is 35.1 Å². The van der Waals surface area contributed by atoms with Crippen LogP contribution in [0.25, 0.3) is 0 Å². The molecular weight excluding hydrogens is 529 g/mol. The molecule has 0 amide bonds. The first-order chi connectivity index (χ1) is 17.4. The number of nitrogens with zero attached hydrogens (tertiary/aromatic N) is 4. The third-order valence-electron chi connectivity index (χ3n) is 6.33. The maximum absolute atomic E-state index is 14.0. The molecule has 1 unspecified atom stereocenters. The van der Waals surface area contributed by atoms with Gasteiger partial charge in [0.1, 0.15) is 0 Å². The van der Waals surface area contributed by atoms with E-state index in [-0.39, 0.29) is 29.9 Å². The molecular formula is C27H25Cl2N5O2S. The van der Waals surface area contributed by atoms with Gasteiger partial charge in [0, 0.05) is 36.0 Å². The largest absolute Gasteiger partial charge is 0.364 e. The molecule has 1 atom stereocenters. The van der Waals surface area contributed by atoms with E-state index in [1.165, 1.54) is 0 Å². The van der Waals surface area contributed by atoms with Crippen LogP contribution in [-0.4, -0.2) is 35.3 Å². The van der Waals surface area contributed by atoms with E-state index in [0.717, 1.165) is 22.5 Å². The fraction of sp³-hybridized carbons (Fsp3) is 0.185. The molecule has 0 fully saturated rings. The molecule has 1 aliphatic heterocycles. The number of hydrogen-bond donors (Lipinski definition) is 1. The van der Waals surface area contributed by atoms with Gasteiger partial charge in [0.2, 0.25) is 10.0 Å². The van der Waals surface area contributed by atoms with Gasteiger partial charge in [-0.15, -0.1) is 12.4 Å². The van der Waals surface area contributed by atoms with Gasteiger partial charge in [-0.25, -0.2) is 13.4 Å². The van der Waals surface area contributed by atoms with Crippen molar-refractivity contribution in [2.24, 2.45) is 0 Å². The molecule has 4 aromatic rings. The maximum Gasteiger partial charge on any atom is 0.243 e. The summed E-state index contributed by atoms with van der Waals surface area (Å²) < 4.78 is 29.5. The van der Waals surface area contributed by atoms with Crippen molar-refractivity contribution >= 4 is 39.7 Å². The standard InChI is InChI=1S/C27H24ClN5O2S.ClH/c28-23-6-4-5-21(12-23)16-33(36(34,35)26-7-2-1-3-8-26)25-13-22-11-20(14-29)9-10-27(22)32(18-25)17-24-15-30-19-31-24;/h1-12,15,19,25H,13,16-18H2,(H,30,31);1H. The number of sulfonamides is 1. The van der Waals surface area contributed by atoms with Gasteiger partial charge in [0.15, 0.2) is 0 Å². The third kappa shape index (κ3) is 5.81. The smallest absolute Gasteiger partial charge is 0.243 e. The average molecular weight is 555 g/mol. The second kappa shape index (κ2) is 11.4. The fourth-order valence-electron chi connectivity index (χ4n) is 4.67. The van der Waals surface area contributed by atoms with E-state index in [0.29, 0.717) is 30.1 Å². The Morgan fingerprint density at radius 3 is 2.62 bits per heavy atom. The topological polar surface area (TPSA) is 93.1 Å². The van der Waals surface area contributed by atoms with Gasteiger partial charge in [0.25, 0.3) is 0 Å². The zero-order chi connectivity index (χ0) is 25.1. The lowest BCUT2D eigenvalue weighted by molar-refractivity contribution is 0.302. The molecule has 37 heavy (non-hydrogen) atoms. The van der Waals surface area contributed by atoms with Crippen molar-refractivity contribution in [3.63, 3.8) is 0 Å². The van der Waals surface area contributed by atoms with Crippen LogP contribution in [0.1, 0.15) is 22.4 Å². The van der Waals surface area contributed by atoms with E-state index < -0.39 is 10.0 Å². The van der Waals surface area contributed by atoms with Crippen LogP contribution in [0.4, 0.5) is 5.69 Å². The zero-order valence-corrected chi connectivity index (χ0v) is 22.2. The van der Waals surface area contributed by atoms with Crippen LogP contribution in [0.3, 0.4) is 0 Å². The highest BCUT2D eigenvalue weighted by atomic mass is 35.5. The molecule has 0 radical (unpaired) electrons. The van der Waals surface area contributed by atoms with Crippen LogP contribution >= 0.6 is 24.0 Å². The summed E-state index contributed by atoms with van der Waals surface area (Å²) in [6.07, 6.45) is 3.94. The van der Waals surface area contributed by atoms with Crippen LogP contribution < -0.4 is 4.90 Å². The first kappa shape index (κ1) is 26.7. The third-order valence-corrected chi connectivity index (χ3v) is 8.48. The van der Waals surface area contributed by atoms with E-state index in [2.05, 4.69) is 20.9 Å². The Morgan fingerprint density at radius 2 is 1.92 bits per heavy atom. The van der Waals surface area contributed by atoms with E-state index >= 15 is 0 Å². The molecule has 7 nitrogen and oxygen atoms in total. The van der Waals surface area contributed by atoms with Crippen molar-refractivity contribution < 1.29 is 8.42 Å². The van der Waals surface area contributed by atoms with Crippen LogP contribution in [0, 0.1) is 11.3 Å². The molecule has 10 heteroatoms. The summed E-state index contributed by atoms with van der Waals surface area (Å²) in [7, 11) is -3.84. The minimum absolute atomic E-state index is 0. The number of H-pyrrole nitrogens is 1. The summed E-state index contributed by atoms with van der Waals surface area (Å²) >= 11 is 6.23. The van der Waals surface area contributed by atoms with E-state index in [1.807, 2.05) is 30.5 Å². The van der Waals surface area contributed by atoms with Crippen molar-refractivity contribution in [2.75, 3.05) is 11.4 Å². The molecule has 2 heterocycles. The summed E-state index contributed by atoms with van der Waals surface area (Å²) in [4.78, 5) is 9.71. The summed E-state index contributed by atoms with van der Waals surface area (Å²) in [5.74, 6) is 0. The number of imidazole rings is 1. The molecule has 3 aromatic carbocycles. The number of fused-ring (bicyclic) bond motifs is 1. The van der Waals surface area contributed by atoms with Crippen molar-refractivity contribution in [3.05, 3.63) is 113 Å². The Kier molecular flexibility index (Phi) is 8.20. The average Bonchev–Trinajstić information content (AvgIpc) is 3.40. The summed E-state index contributed by atoms with van der Waals surface area (Å²) in [6, 6.07) is 23.2. The van der Waals surface area contributed by atoms with E-state index in [4.69, 9.17) is 11.6 Å². The predicted octanol–water partition coefficient (Wildman–Crippen LogP) is 5.18. The fourth-order valence-corrected chi connectivity index (χ4v) is 6.50. The Labute approximate surface area is 227 Å². The van der Waals surface area contributed by atoms with Crippen LogP contribution in [0.5, 0.6) is 0 Å². The molecule has 1 N–H and O–H groups in total. The summed E-state index contributed by atoms with van der Waals surface area (Å²) in [5.41, 5.74) is 4.10. The Balaban J connectivity index is 0.00000320. The first-order valence-electron chi connectivity index (χ1n) is 11.5. The minimum Gasteiger partial charge on any atom is -0.364 e. The van der Waals surface area contributed by atoms with Crippen molar-refractivity contribution in [3.8, 4) is 6.07 Å². The van der Waals surface area contributed by atoms with Crippen molar-refractivity contribution in [1.82, 2.24) is 14.3 Å². The number of rotatable bonds is 7. The number of hydrogen-bond acceptors (Lipinski definition) is 5. The lowest BCUT2D eigenvalue weighted by Crippen LogP contribution is -2.50. The van der Waals surface area contributed by atoms with Crippen molar-refractivity contribution in [1.29, 1.82) is 5.26 Å². The van der Waals surface area contributed by atoms with E-state index in [9.17, 15) is 13.7 Å². The van der Waals surface area contributed by atoms with Crippen LogP contribution in [-0.2, 0) is 29.5 Å². The quantitative estimate of drug-likeness (QED) is 0.340. The number of aromatic nitrogens is 2. The highest BCUT2D eigenvalue weighted by molar-refractivity contribution is 7.89. The van der Waals surface area contributed by atoms with Crippen LogP contribution in [0.2, 0.25) is 5.02 Å². The SMILES string of the molecule is Cl.N#Cc1ccc2c(c1)CC(N(Cc1cccc(Cl)c1)S(=O)(=O)c1ccccc1)CN2Cc1c[nH]cn1. The molecule has 0 saturated heterocycles. The molecule has 0 aliphatic carbocycles. The molecule has 5 rings (SSSR count). The first-order valence-corrected chi connectivity index (χ1v) is 13.3. The monoisotopic (exact) mass is 553 g/mol. The maximum atomic E-state index is 14.0. The number of aromatic amines is 1. The predicted molar refractivity (Wildman–Crippen MR) is 146 cm³/mol. The highest BCUT2D eigenvalue weighted by Gasteiger charge is 2.36. The Bertz CT molecular complexity index is 1510. The molecule has 0 spiro atoms.